The Labute approximate surface area is 131 Å². The van der Waals surface area contributed by atoms with Gasteiger partial charge in [0.25, 0.3) is 0 Å². The fourth-order valence-corrected chi connectivity index (χ4v) is 4.08. The van der Waals surface area contributed by atoms with E-state index in [9.17, 15) is 13.5 Å². The standard InChI is InChI=1S/C12H11Cl2NO3S2/c13-8-6-10(14)12(16)11(7-8)20(17,18)15-4-3-9-2-1-5-19-9/h1-2,5-7,15-16H,3-4H2. The average Bonchev–Trinajstić information content (AvgIpc) is 2.86. The lowest BCUT2D eigenvalue weighted by molar-refractivity contribution is 0.458. The predicted molar refractivity (Wildman–Crippen MR) is 81.3 cm³/mol. The molecule has 0 bridgehead atoms. The van der Waals surface area contributed by atoms with Crippen LogP contribution in [0.4, 0.5) is 0 Å². The number of hydrogen-bond donors (Lipinski definition) is 2. The number of nitrogens with one attached hydrogen (secondary N) is 1. The van der Waals surface area contributed by atoms with Gasteiger partial charge in [0.05, 0.1) is 5.02 Å². The Morgan fingerprint density at radius 2 is 2.05 bits per heavy atom. The molecule has 0 aliphatic heterocycles. The molecule has 0 aliphatic rings. The second kappa shape index (κ2) is 6.32. The number of sulfonamides is 1. The summed E-state index contributed by atoms with van der Waals surface area (Å²) < 4.78 is 26.6. The van der Waals surface area contributed by atoms with Gasteiger partial charge in [0.15, 0.2) is 5.75 Å². The lowest BCUT2D eigenvalue weighted by atomic mass is 10.3. The molecule has 2 rings (SSSR count). The highest BCUT2D eigenvalue weighted by molar-refractivity contribution is 7.89. The summed E-state index contributed by atoms with van der Waals surface area (Å²) >= 11 is 13.0. The maximum atomic E-state index is 12.1. The first-order chi connectivity index (χ1) is 9.40. The number of phenols is 1. The van der Waals surface area contributed by atoms with E-state index in [0.717, 1.165) is 10.9 Å². The first-order valence-electron chi connectivity index (χ1n) is 5.60. The van der Waals surface area contributed by atoms with E-state index in [1.54, 1.807) is 11.3 Å². The summed E-state index contributed by atoms with van der Waals surface area (Å²) in [6.07, 6.45) is 0.575. The van der Waals surface area contributed by atoms with Gasteiger partial charge in [-0.15, -0.1) is 11.3 Å². The molecule has 0 aliphatic carbocycles. The van der Waals surface area contributed by atoms with Crippen LogP contribution in [0.2, 0.25) is 10.0 Å². The Hall–Kier alpha value is -0.790. The quantitative estimate of drug-likeness (QED) is 0.868. The molecule has 0 saturated carbocycles. The molecule has 4 nitrogen and oxygen atoms in total. The van der Waals surface area contributed by atoms with Crippen LogP contribution in [-0.2, 0) is 16.4 Å². The van der Waals surface area contributed by atoms with Crippen LogP contribution in [0, 0.1) is 0 Å². The van der Waals surface area contributed by atoms with Crippen molar-refractivity contribution in [1.82, 2.24) is 4.72 Å². The van der Waals surface area contributed by atoms with E-state index in [2.05, 4.69) is 4.72 Å². The smallest absolute Gasteiger partial charge is 0.244 e. The van der Waals surface area contributed by atoms with Crippen molar-refractivity contribution in [2.45, 2.75) is 11.3 Å². The molecule has 1 aromatic heterocycles. The largest absolute Gasteiger partial charge is 0.505 e. The Morgan fingerprint density at radius 3 is 2.70 bits per heavy atom. The maximum Gasteiger partial charge on any atom is 0.244 e. The van der Waals surface area contributed by atoms with E-state index in [4.69, 9.17) is 23.2 Å². The fourth-order valence-electron chi connectivity index (χ4n) is 1.59. The summed E-state index contributed by atoms with van der Waals surface area (Å²) in [5.41, 5.74) is 0. The van der Waals surface area contributed by atoms with Crippen molar-refractivity contribution in [3.8, 4) is 5.75 Å². The minimum atomic E-state index is -3.85. The first-order valence-corrected chi connectivity index (χ1v) is 8.72. The van der Waals surface area contributed by atoms with Crippen LogP contribution in [-0.4, -0.2) is 20.1 Å². The first kappa shape index (κ1) is 15.6. The van der Waals surface area contributed by atoms with Gasteiger partial charge in [0.1, 0.15) is 4.90 Å². The summed E-state index contributed by atoms with van der Waals surface area (Å²) in [5, 5.41) is 11.7. The van der Waals surface area contributed by atoms with Crippen LogP contribution in [0.15, 0.2) is 34.5 Å². The average molecular weight is 352 g/mol. The van der Waals surface area contributed by atoms with Crippen LogP contribution in [0.25, 0.3) is 0 Å². The summed E-state index contributed by atoms with van der Waals surface area (Å²) in [4.78, 5) is 0.752. The van der Waals surface area contributed by atoms with Gasteiger partial charge >= 0.3 is 0 Å². The number of phenolic OH excluding ortho intramolecular Hbond substituents is 1. The van der Waals surface area contributed by atoms with E-state index < -0.39 is 15.8 Å². The van der Waals surface area contributed by atoms with Crippen molar-refractivity contribution in [1.29, 1.82) is 0 Å². The molecule has 1 heterocycles. The highest BCUT2D eigenvalue weighted by Crippen LogP contribution is 2.33. The van der Waals surface area contributed by atoms with Gasteiger partial charge in [-0.3, -0.25) is 0 Å². The molecule has 0 atom stereocenters. The molecule has 0 unspecified atom stereocenters. The molecule has 1 aromatic carbocycles. The van der Waals surface area contributed by atoms with Crippen molar-refractivity contribution in [3.63, 3.8) is 0 Å². The van der Waals surface area contributed by atoms with Crippen LogP contribution >= 0.6 is 34.5 Å². The van der Waals surface area contributed by atoms with Gasteiger partial charge in [-0.05, 0) is 30.0 Å². The maximum absolute atomic E-state index is 12.1. The molecule has 2 N–H and O–H groups in total. The van der Waals surface area contributed by atoms with Gasteiger partial charge < -0.3 is 5.11 Å². The lowest BCUT2D eigenvalue weighted by Gasteiger charge is -2.09. The third-order valence-electron chi connectivity index (χ3n) is 2.53. The predicted octanol–water partition coefficient (Wildman–Crippen LogP) is 3.28. The zero-order valence-corrected chi connectivity index (χ0v) is 13.3. The van der Waals surface area contributed by atoms with E-state index >= 15 is 0 Å². The van der Waals surface area contributed by atoms with E-state index in [0.29, 0.717) is 6.42 Å². The molecule has 108 valence electrons. The lowest BCUT2D eigenvalue weighted by Crippen LogP contribution is -2.26. The second-order valence-electron chi connectivity index (χ2n) is 3.96. The van der Waals surface area contributed by atoms with Crippen LogP contribution in [0.1, 0.15) is 4.88 Å². The summed E-state index contributed by atoms with van der Waals surface area (Å²) in [6.45, 7) is 0.229. The zero-order chi connectivity index (χ0) is 14.8. The summed E-state index contributed by atoms with van der Waals surface area (Å²) in [5.74, 6) is -0.500. The SMILES string of the molecule is O=S(=O)(NCCc1cccs1)c1cc(Cl)cc(Cl)c1O. The Morgan fingerprint density at radius 1 is 1.30 bits per heavy atom. The second-order valence-corrected chi connectivity index (χ2v) is 7.57. The normalized spacial score (nSPS) is 11.7. The number of benzene rings is 1. The number of thiophene rings is 1. The van der Waals surface area contributed by atoms with Crippen molar-refractivity contribution < 1.29 is 13.5 Å². The van der Waals surface area contributed by atoms with Crippen molar-refractivity contribution in [3.05, 3.63) is 44.6 Å². The van der Waals surface area contributed by atoms with Crippen molar-refractivity contribution in [2.75, 3.05) is 6.54 Å². The van der Waals surface area contributed by atoms with Gasteiger partial charge in [0.2, 0.25) is 10.0 Å². The van der Waals surface area contributed by atoms with Crippen molar-refractivity contribution in [2.24, 2.45) is 0 Å². The van der Waals surface area contributed by atoms with Crippen molar-refractivity contribution >= 4 is 44.6 Å². The molecule has 0 fully saturated rings. The third-order valence-corrected chi connectivity index (χ3v) is 5.44. The molecular weight excluding hydrogens is 341 g/mol. The van der Waals surface area contributed by atoms with E-state index in [1.165, 1.54) is 6.07 Å². The molecule has 2 aromatic rings. The summed E-state index contributed by atoms with van der Waals surface area (Å²) in [6, 6.07) is 6.27. The highest BCUT2D eigenvalue weighted by atomic mass is 35.5. The molecule has 0 amide bonds. The highest BCUT2D eigenvalue weighted by Gasteiger charge is 2.21. The fraction of sp³-hybridized carbons (Fsp3) is 0.167. The molecule has 20 heavy (non-hydrogen) atoms. The zero-order valence-electron chi connectivity index (χ0n) is 10.1. The Kier molecular flexibility index (Phi) is 4.93. The third kappa shape index (κ3) is 3.65. The van der Waals surface area contributed by atoms with Gasteiger partial charge in [0, 0.05) is 16.4 Å². The van der Waals surface area contributed by atoms with Gasteiger partial charge in [-0.1, -0.05) is 29.3 Å². The molecular formula is C12H11Cl2NO3S2. The summed E-state index contributed by atoms with van der Waals surface area (Å²) in [7, 11) is -3.85. The topological polar surface area (TPSA) is 66.4 Å². The molecule has 0 radical (unpaired) electrons. The number of hydrogen-bond acceptors (Lipinski definition) is 4. The molecule has 8 heteroatoms. The van der Waals surface area contributed by atoms with Crippen LogP contribution < -0.4 is 4.72 Å². The monoisotopic (exact) mass is 351 g/mol. The Balaban J connectivity index is 2.14. The van der Waals surface area contributed by atoms with Gasteiger partial charge in [-0.25, -0.2) is 13.1 Å². The van der Waals surface area contributed by atoms with E-state index in [-0.39, 0.29) is 21.5 Å². The van der Waals surface area contributed by atoms with E-state index in [1.807, 2.05) is 17.5 Å². The minimum absolute atomic E-state index is 0.101. The molecule has 0 spiro atoms. The number of halogens is 2. The number of aromatic hydroxyl groups is 1. The Bertz CT molecular complexity index is 700. The number of rotatable bonds is 5. The minimum Gasteiger partial charge on any atom is -0.505 e. The molecule has 0 saturated heterocycles. The van der Waals surface area contributed by atoms with Gasteiger partial charge in [-0.2, -0.15) is 0 Å². The van der Waals surface area contributed by atoms with Crippen LogP contribution in [0.3, 0.4) is 0 Å². The van der Waals surface area contributed by atoms with Crippen LogP contribution in [0.5, 0.6) is 5.75 Å².